The van der Waals surface area contributed by atoms with E-state index in [9.17, 15) is 4.79 Å². The van der Waals surface area contributed by atoms with Crippen molar-refractivity contribution in [3.63, 3.8) is 0 Å². The molecule has 0 saturated carbocycles. The number of rotatable bonds is 2. The van der Waals surface area contributed by atoms with Gasteiger partial charge in [0.25, 0.3) is 6.01 Å². The summed E-state index contributed by atoms with van der Waals surface area (Å²) in [5.41, 5.74) is 7.89. The molecule has 3 rings (SSSR count). The second-order valence-electron chi connectivity index (χ2n) is 6.47. The second-order valence-corrected chi connectivity index (χ2v) is 6.47. The van der Waals surface area contributed by atoms with Crippen LogP contribution in [0.25, 0.3) is 11.1 Å². The molecule has 0 atom stereocenters. The normalized spacial score (nSPS) is 16.4. The largest absolute Gasteiger partial charge is 0.423 e. The van der Waals surface area contributed by atoms with Gasteiger partial charge in [-0.25, -0.2) is 0 Å². The van der Waals surface area contributed by atoms with Crippen molar-refractivity contribution in [2.24, 2.45) is 5.73 Å². The molecule has 6 heteroatoms. The van der Waals surface area contributed by atoms with E-state index in [1.54, 1.807) is 13.8 Å². The number of benzene rings is 1. The lowest BCUT2D eigenvalue weighted by Crippen LogP contribution is -2.57. The summed E-state index contributed by atoms with van der Waals surface area (Å²) in [4.78, 5) is 20.6. The van der Waals surface area contributed by atoms with E-state index in [0.29, 0.717) is 32.2 Å². The van der Waals surface area contributed by atoms with Crippen LogP contribution < -0.4 is 10.6 Å². The van der Waals surface area contributed by atoms with Crippen molar-refractivity contribution in [2.45, 2.75) is 26.3 Å². The maximum Gasteiger partial charge on any atom is 0.298 e. The van der Waals surface area contributed by atoms with Gasteiger partial charge in [-0.1, -0.05) is 6.07 Å². The van der Waals surface area contributed by atoms with Crippen molar-refractivity contribution in [2.75, 3.05) is 31.1 Å². The standard InChI is InChI=1S/C16H22N4O2/c1-11-4-5-13-12(10-11)18-15(22-13)20-8-6-19(7-9-20)14(21)16(2,3)17/h4-5,10H,6-9,17H2,1-3H3. The highest BCUT2D eigenvalue weighted by molar-refractivity contribution is 5.85. The summed E-state index contributed by atoms with van der Waals surface area (Å²) in [7, 11) is 0. The summed E-state index contributed by atoms with van der Waals surface area (Å²) in [5, 5.41) is 0. The van der Waals surface area contributed by atoms with E-state index in [0.717, 1.165) is 16.7 Å². The van der Waals surface area contributed by atoms with E-state index in [1.165, 1.54) is 0 Å². The molecule has 1 aliphatic heterocycles. The lowest BCUT2D eigenvalue weighted by molar-refractivity contribution is -0.136. The fourth-order valence-electron chi connectivity index (χ4n) is 2.67. The number of aryl methyl sites for hydroxylation is 1. The molecule has 0 spiro atoms. The molecule has 2 heterocycles. The van der Waals surface area contributed by atoms with Gasteiger partial charge in [0.15, 0.2) is 5.58 Å². The Bertz CT molecular complexity index is 694. The van der Waals surface area contributed by atoms with Crippen LogP contribution in [-0.4, -0.2) is 47.5 Å². The van der Waals surface area contributed by atoms with E-state index in [4.69, 9.17) is 10.2 Å². The van der Waals surface area contributed by atoms with Gasteiger partial charge in [0.1, 0.15) is 5.52 Å². The van der Waals surface area contributed by atoms with Crippen molar-refractivity contribution in [1.82, 2.24) is 9.88 Å². The average Bonchev–Trinajstić information content (AvgIpc) is 2.88. The molecule has 1 saturated heterocycles. The van der Waals surface area contributed by atoms with E-state index < -0.39 is 5.54 Å². The Morgan fingerprint density at radius 1 is 1.27 bits per heavy atom. The number of nitrogens with two attached hydrogens (primary N) is 1. The van der Waals surface area contributed by atoms with Crippen molar-refractivity contribution >= 4 is 23.0 Å². The molecule has 1 amide bonds. The van der Waals surface area contributed by atoms with Crippen LogP contribution in [0.4, 0.5) is 6.01 Å². The zero-order valence-corrected chi connectivity index (χ0v) is 13.3. The Morgan fingerprint density at radius 3 is 2.59 bits per heavy atom. The van der Waals surface area contributed by atoms with Gasteiger partial charge in [0.2, 0.25) is 5.91 Å². The van der Waals surface area contributed by atoms with Crippen LogP contribution >= 0.6 is 0 Å². The number of fused-ring (bicyclic) bond motifs is 1. The third kappa shape index (κ3) is 2.78. The van der Waals surface area contributed by atoms with E-state index in [1.807, 2.05) is 30.0 Å². The molecule has 1 aromatic heterocycles. The number of hydrogen-bond donors (Lipinski definition) is 1. The Kier molecular flexibility index (Phi) is 3.56. The lowest BCUT2D eigenvalue weighted by atomic mass is 10.1. The van der Waals surface area contributed by atoms with E-state index in [-0.39, 0.29) is 5.91 Å². The molecule has 1 fully saturated rings. The highest BCUT2D eigenvalue weighted by Crippen LogP contribution is 2.24. The van der Waals surface area contributed by atoms with E-state index in [2.05, 4.69) is 9.88 Å². The monoisotopic (exact) mass is 302 g/mol. The molecular weight excluding hydrogens is 280 g/mol. The highest BCUT2D eigenvalue weighted by Gasteiger charge is 2.31. The Hall–Kier alpha value is -2.08. The van der Waals surface area contributed by atoms with Crippen molar-refractivity contribution in [3.8, 4) is 0 Å². The minimum Gasteiger partial charge on any atom is -0.423 e. The van der Waals surface area contributed by atoms with Crippen LogP contribution in [0.2, 0.25) is 0 Å². The van der Waals surface area contributed by atoms with Gasteiger partial charge in [-0.3, -0.25) is 4.79 Å². The highest BCUT2D eigenvalue weighted by atomic mass is 16.4. The van der Waals surface area contributed by atoms with Gasteiger partial charge < -0.3 is 20.0 Å². The maximum absolute atomic E-state index is 12.2. The second kappa shape index (κ2) is 5.28. The average molecular weight is 302 g/mol. The molecule has 2 aromatic rings. The summed E-state index contributed by atoms with van der Waals surface area (Å²) in [6.07, 6.45) is 0. The first-order valence-corrected chi connectivity index (χ1v) is 7.55. The summed E-state index contributed by atoms with van der Waals surface area (Å²) in [5.74, 6) is -0.0136. The molecule has 0 bridgehead atoms. The first-order chi connectivity index (χ1) is 10.3. The number of oxazole rings is 1. The minimum atomic E-state index is -0.822. The topological polar surface area (TPSA) is 75.6 Å². The van der Waals surface area contributed by atoms with Gasteiger partial charge in [-0.05, 0) is 38.5 Å². The number of amides is 1. The SMILES string of the molecule is Cc1ccc2oc(N3CCN(C(=O)C(C)(C)N)CC3)nc2c1. The van der Waals surface area contributed by atoms with Gasteiger partial charge in [-0.15, -0.1) is 0 Å². The molecule has 1 aromatic carbocycles. The summed E-state index contributed by atoms with van der Waals surface area (Å²) in [6, 6.07) is 6.59. The number of hydrogen-bond acceptors (Lipinski definition) is 5. The van der Waals surface area contributed by atoms with Crippen LogP contribution in [0.15, 0.2) is 22.6 Å². The fourth-order valence-corrected chi connectivity index (χ4v) is 2.67. The molecule has 1 aliphatic rings. The Balaban J connectivity index is 1.71. The van der Waals surface area contributed by atoms with Crippen LogP contribution in [0.5, 0.6) is 0 Å². The summed E-state index contributed by atoms with van der Waals surface area (Å²) < 4.78 is 5.81. The van der Waals surface area contributed by atoms with Crippen LogP contribution in [0, 0.1) is 6.92 Å². The molecule has 0 aliphatic carbocycles. The maximum atomic E-state index is 12.2. The first kappa shape index (κ1) is 14.8. The predicted octanol–water partition coefficient (Wildman–Crippen LogP) is 1.52. The zero-order valence-electron chi connectivity index (χ0n) is 13.3. The number of nitrogens with zero attached hydrogens (tertiary/aromatic N) is 3. The van der Waals surface area contributed by atoms with Crippen molar-refractivity contribution in [1.29, 1.82) is 0 Å². The molecule has 22 heavy (non-hydrogen) atoms. The molecule has 0 unspecified atom stereocenters. The van der Waals surface area contributed by atoms with Crippen LogP contribution in [-0.2, 0) is 4.79 Å². The van der Waals surface area contributed by atoms with Crippen molar-refractivity contribution in [3.05, 3.63) is 23.8 Å². The zero-order chi connectivity index (χ0) is 15.9. The molecular formula is C16H22N4O2. The molecule has 118 valence electrons. The van der Waals surface area contributed by atoms with Crippen LogP contribution in [0.3, 0.4) is 0 Å². The smallest absolute Gasteiger partial charge is 0.298 e. The summed E-state index contributed by atoms with van der Waals surface area (Å²) in [6.45, 7) is 8.19. The first-order valence-electron chi connectivity index (χ1n) is 7.55. The Morgan fingerprint density at radius 2 is 1.95 bits per heavy atom. The molecule has 2 N–H and O–H groups in total. The third-order valence-electron chi connectivity index (χ3n) is 3.92. The fraction of sp³-hybridized carbons (Fsp3) is 0.500. The number of aromatic nitrogens is 1. The number of carbonyl (C=O) groups excluding carboxylic acids is 1. The quantitative estimate of drug-likeness (QED) is 0.910. The van der Waals surface area contributed by atoms with E-state index >= 15 is 0 Å². The number of carbonyl (C=O) groups is 1. The van der Waals surface area contributed by atoms with Crippen molar-refractivity contribution < 1.29 is 9.21 Å². The van der Waals surface area contributed by atoms with Gasteiger partial charge in [-0.2, -0.15) is 4.98 Å². The summed E-state index contributed by atoms with van der Waals surface area (Å²) >= 11 is 0. The molecule has 6 nitrogen and oxygen atoms in total. The van der Waals surface area contributed by atoms with Gasteiger partial charge >= 0.3 is 0 Å². The van der Waals surface area contributed by atoms with Crippen LogP contribution in [0.1, 0.15) is 19.4 Å². The minimum absolute atomic E-state index is 0.0136. The lowest BCUT2D eigenvalue weighted by Gasteiger charge is -2.36. The third-order valence-corrected chi connectivity index (χ3v) is 3.92. The molecule has 0 radical (unpaired) electrons. The predicted molar refractivity (Wildman–Crippen MR) is 85.8 cm³/mol. The van der Waals surface area contributed by atoms with Gasteiger partial charge in [0.05, 0.1) is 5.54 Å². The Labute approximate surface area is 129 Å². The van der Waals surface area contributed by atoms with Gasteiger partial charge in [0, 0.05) is 26.2 Å². The number of anilines is 1. The number of piperazine rings is 1.